The van der Waals surface area contributed by atoms with E-state index in [1.54, 1.807) is 0 Å². The van der Waals surface area contributed by atoms with E-state index in [1.807, 2.05) is 0 Å². The summed E-state index contributed by atoms with van der Waals surface area (Å²) in [6, 6.07) is 0. The lowest BCUT2D eigenvalue weighted by Gasteiger charge is -2.10. The highest BCUT2D eigenvalue weighted by Crippen LogP contribution is 2.36. The Balaban J connectivity index is 3.65. The molecule has 1 aromatic rings. The first kappa shape index (κ1) is 13.0. The molecule has 1 heterocycles. The highest BCUT2D eigenvalue weighted by Gasteiger charge is 2.29. The summed E-state index contributed by atoms with van der Waals surface area (Å²) < 4.78 is 64.4. The molecule has 0 unspecified atom stereocenters. The van der Waals surface area contributed by atoms with Crippen LogP contribution in [0.15, 0.2) is 11.1 Å². The maximum absolute atomic E-state index is 13.0. The molecule has 0 aliphatic carbocycles. The Hall–Kier alpha value is -1.02. The van der Waals surface area contributed by atoms with Crippen LogP contribution in [0.3, 0.4) is 0 Å². The highest BCUT2D eigenvalue weighted by atomic mass is 35.7. The van der Waals surface area contributed by atoms with Crippen molar-refractivity contribution in [2.24, 2.45) is 0 Å². The van der Waals surface area contributed by atoms with Crippen molar-refractivity contribution in [2.75, 3.05) is 7.11 Å². The molecule has 0 atom stereocenters. The third kappa shape index (κ3) is 2.38. The van der Waals surface area contributed by atoms with Crippen molar-refractivity contribution in [1.29, 1.82) is 0 Å². The van der Waals surface area contributed by atoms with Gasteiger partial charge in [0.1, 0.15) is 4.90 Å². The molecular weight excluding hydrogens is 271 g/mol. The first-order valence-corrected chi connectivity index (χ1v) is 6.05. The molecular formula is C7H5ClF3NO3S. The number of methoxy groups -OCH3 is 1. The summed E-state index contributed by atoms with van der Waals surface area (Å²) in [7, 11) is 1.38. The summed E-state index contributed by atoms with van der Waals surface area (Å²) in [5, 5.41) is 0. The molecule has 0 bridgehead atoms. The Morgan fingerprint density at radius 3 is 2.44 bits per heavy atom. The quantitative estimate of drug-likeness (QED) is 0.626. The van der Waals surface area contributed by atoms with Gasteiger partial charge in [0.25, 0.3) is 21.4 Å². The summed E-state index contributed by atoms with van der Waals surface area (Å²) in [4.78, 5) is 2.00. The normalized spacial score (nSPS) is 11.9. The summed E-state index contributed by atoms with van der Waals surface area (Å²) in [6.45, 7) is 0. The molecule has 0 radical (unpaired) electrons. The Bertz CT molecular complexity index is 506. The molecule has 0 saturated heterocycles. The lowest BCUT2D eigenvalue weighted by Crippen LogP contribution is -2.05. The van der Waals surface area contributed by atoms with Crippen LogP contribution < -0.4 is 4.74 Å². The smallest absolute Gasteiger partial charge is 0.268 e. The van der Waals surface area contributed by atoms with Crippen LogP contribution in [0.1, 0.15) is 12.0 Å². The Labute approximate surface area is 93.4 Å². The van der Waals surface area contributed by atoms with Crippen molar-refractivity contribution in [3.8, 4) is 5.75 Å². The van der Waals surface area contributed by atoms with Gasteiger partial charge in [-0.05, 0) is 0 Å². The fraction of sp³-hybridized carbons (Fsp3) is 0.286. The van der Waals surface area contributed by atoms with Gasteiger partial charge in [-0.15, -0.1) is 0 Å². The molecule has 0 saturated carbocycles. The van der Waals surface area contributed by atoms with Gasteiger partial charge in [0.05, 0.1) is 18.9 Å². The number of alkyl halides is 2. The van der Waals surface area contributed by atoms with E-state index in [1.165, 1.54) is 0 Å². The maximum Gasteiger partial charge on any atom is 0.268 e. The fourth-order valence-corrected chi connectivity index (χ4v) is 2.05. The minimum Gasteiger partial charge on any atom is -0.492 e. The SMILES string of the molecule is COc1c(F)ncc(S(=O)(=O)Cl)c1C(F)F. The minimum absolute atomic E-state index is 0.418. The molecule has 0 spiro atoms. The van der Waals surface area contributed by atoms with Crippen LogP contribution in [0.5, 0.6) is 5.75 Å². The van der Waals surface area contributed by atoms with Crippen molar-refractivity contribution in [2.45, 2.75) is 11.3 Å². The number of rotatable bonds is 3. The predicted molar refractivity (Wildman–Crippen MR) is 48.7 cm³/mol. The van der Waals surface area contributed by atoms with Crippen molar-refractivity contribution >= 4 is 19.7 Å². The molecule has 0 amide bonds. The topological polar surface area (TPSA) is 56.3 Å². The molecule has 0 aliphatic heterocycles. The maximum atomic E-state index is 13.0. The zero-order chi connectivity index (χ0) is 12.5. The third-order valence-electron chi connectivity index (χ3n) is 1.68. The summed E-state index contributed by atoms with van der Waals surface area (Å²) >= 11 is 0. The molecule has 16 heavy (non-hydrogen) atoms. The summed E-state index contributed by atoms with van der Waals surface area (Å²) in [5.41, 5.74) is -1.13. The summed E-state index contributed by atoms with van der Waals surface area (Å²) in [6.07, 6.45) is -2.84. The number of hydrogen-bond donors (Lipinski definition) is 0. The second kappa shape index (κ2) is 4.46. The zero-order valence-electron chi connectivity index (χ0n) is 7.75. The van der Waals surface area contributed by atoms with Gasteiger partial charge < -0.3 is 4.74 Å². The highest BCUT2D eigenvalue weighted by molar-refractivity contribution is 8.13. The van der Waals surface area contributed by atoms with Crippen LogP contribution in [0.2, 0.25) is 0 Å². The molecule has 90 valence electrons. The van der Waals surface area contributed by atoms with Crippen LogP contribution in [0.25, 0.3) is 0 Å². The molecule has 0 fully saturated rings. The molecule has 9 heteroatoms. The molecule has 0 aromatic carbocycles. The molecule has 4 nitrogen and oxygen atoms in total. The zero-order valence-corrected chi connectivity index (χ0v) is 9.32. The lowest BCUT2D eigenvalue weighted by atomic mass is 10.2. The number of aromatic nitrogens is 1. The van der Waals surface area contributed by atoms with E-state index >= 15 is 0 Å². The number of hydrogen-bond acceptors (Lipinski definition) is 4. The van der Waals surface area contributed by atoms with Gasteiger partial charge in [0.2, 0.25) is 0 Å². The van der Waals surface area contributed by atoms with E-state index < -0.39 is 37.6 Å². The van der Waals surface area contributed by atoms with Gasteiger partial charge in [-0.2, -0.15) is 4.39 Å². The second-order valence-corrected chi connectivity index (χ2v) is 5.13. The first-order chi connectivity index (χ1) is 7.29. The van der Waals surface area contributed by atoms with Crippen LogP contribution >= 0.6 is 10.7 Å². The Morgan fingerprint density at radius 2 is 2.06 bits per heavy atom. The average Bonchev–Trinajstić information content (AvgIpc) is 2.14. The molecule has 1 rings (SSSR count). The minimum atomic E-state index is -4.44. The third-order valence-corrected chi connectivity index (χ3v) is 3.03. The van der Waals surface area contributed by atoms with E-state index in [-0.39, 0.29) is 0 Å². The van der Waals surface area contributed by atoms with Crippen molar-refractivity contribution < 1.29 is 26.3 Å². The van der Waals surface area contributed by atoms with Gasteiger partial charge in [-0.25, -0.2) is 22.2 Å². The number of nitrogens with zero attached hydrogens (tertiary/aromatic N) is 1. The van der Waals surface area contributed by atoms with Gasteiger partial charge in [-0.3, -0.25) is 0 Å². The van der Waals surface area contributed by atoms with Gasteiger partial charge >= 0.3 is 0 Å². The average molecular weight is 276 g/mol. The Kier molecular flexibility index (Phi) is 3.64. The van der Waals surface area contributed by atoms with Crippen molar-refractivity contribution in [3.63, 3.8) is 0 Å². The van der Waals surface area contributed by atoms with E-state index in [0.717, 1.165) is 7.11 Å². The lowest BCUT2D eigenvalue weighted by molar-refractivity contribution is 0.141. The number of pyridine rings is 1. The largest absolute Gasteiger partial charge is 0.492 e. The molecule has 0 aliphatic rings. The van der Waals surface area contributed by atoms with Crippen LogP contribution in [-0.4, -0.2) is 20.5 Å². The number of ether oxygens (including phenoxy) is 1. The van der Waals surface area contributed by atoms with Gasteiger partial charge in [-0.1, -0.05) is 0 Å². The fourth-order valence-electron chi connectivity index (χ4n) is 1.06. The van der Waals surface area contributed by atoms with Crippen LogP contribution in [0, 0.1) is 5.95 Å². The van der Waals surface area contributed by atoms with E-state index in [9.17, 15) is 21.6 Å². The first-order valence-electron chi connectivity index (χ1n) is 3.74. The Morgan fingerprint density at radius 1 is 1.50 bits per heavy atom. The van der Waals surface area contributed by atoms with Crippen LogP contribution in [0.4, 0.5) is 13.2 Å². The van der Waals surface area contributed by atoms with Gasteiger partial charge in [0.15, 0.2) is 5.75 Å². The number of halogens is 4. The van der Waals surface area contributed by atoms with E-state index in [0.29, 0.717) is 6.20 Å². The van der Waals surface area contributed by atoms with E-state index in [4.69, 9.17) is 10.7 Å². The molecule has 0 N–H and O–H groups in total. The summed E-state index contributed by atoms with van der Waals surface area (Å²) in [5.74, 6) is -2.27. The van der Waals surface area contributed by atoms with E-state index in [2.05, 4.69) is 9.72 Å². The van der Waals surface area contributed by atoms with Crippen LogP contribution in [-0.2, 0) is 9.05 Å². The van der Waals surface area contributed by atoms with Gasteiger partial charge in [0, 0.05) is 10.7 Å². The monoisotopic (exact) mass is 275 g/mol. The second-order valence-electron chi connectivity index (χ2n) is 2.60. The predicted octanol–water partition coefficient (Wildman–Crippen LogP) is 2.09. The molecule has 1 aromatic heterocycles. The standard InChI is InChI=1S/C7H5ClF3NO3S/c1-15-5-4(6(9)10)3(16(8,13)14)2-12-7(5)11/h2,6H,1H3. The van der Waals surface area contributed by atoms with Crippen molar-refractivity contribution in [1.82, 2.24) is 4.98 Å². The van der Waals surface area contributed by atoms with Crippen molar-refractivity contribution in [3.05, 3.63) is 17.7 Å².